The van der Waals surface area contributed by atoms with E-state index in [0.717, 1.165) is 5.56 Å². The van der Waals surface area contributed by atoms with Gasteiger partial charge in [-0.15, -0.1) is 6.58 Å². The van der Waals surface area contributed by atoms with E-state index >= 15 is 0 Å². The second kappa shape index (κ2) is 8.91. The van der Waals surface area contributed by atoms with Crippen LogP contribution in [-0.4, -0.2) is 74.7 Å². The van der Waals surface area contributed by atoms with Crippen molar-refractivity contribution in [3.05, 3.63) is 48.6 Å². The zero-order chi connectivity index (χ0) is 23.8. The maximum atomic E-state index is 14.0. The Balaban J connectivity index is 1.72. The van der Waals surface area contributed by atoms with Gasteiger partial charge in [-0.3, -0.25) is 14.4 Å². The van der Waals surface area contributed by atoms with Gasteiger partial charge in [0.25, 0.3) is 0 Å². The van der Waals surface area contributed by atoms with Crippen molar-refractivity contribution in [1.29, 1.82) is 0 Å². The Morgan fingerprint density at radius 3 is 2.64 bits per heavy atom. The highest BCUT2D eigenvalue weighted by molar-refractivity contribution is 5.98. The summed E-state index contributed by atoms with van der Waals surface area (Å²) in [6.07, 6.45) is 3.61. The molecule has 8 heteroatoms. The van der Waals surface area contributed by atoms with Crippen molar-refractivity contribution in [3.8, 4) is 0 Å². The zero-order valence-electron chi connectivity index (χ0n) is 19.0. The van der Waals surface area contributed by atoms with Crippen LogP contribution in [0.5, 0.6) is 0 Å². The molecule has 3 saturated heterocycles. The first kappa shape index (κ1) is 23.4. The van der Waals surface area contributed by atoms with Crippen LogP contribution in [0.2, 0.25) is 0 Å². The van der Waals surface area contributed by atoms with Gasteiger partial charge in [0.1, 0.15) is 11.6 Å². The molecule has 1 aromatic rings. The number of aliphatic hydroxyl groups excluding tert-OH is 1. The number of carboxylic acid groups (broad SMARTS) is 1. The summed E-state index contributed by atoms with van der Waals surface area (Å²) in [5, 5.41) is 19.2. The Morgan fingerprint density at radius 1 is 1.27 bits per heavy atom. The minimum Gasteiger partial charge on any atom is -0.481 e. The predicted molar refractivity (Wildman–Crippen MR) is 120 cm³/mol. The van der Waals surface area contributed by atoms with Crippen molar-refractivity contribution in [2.45, 2.75) is 56.4 Å². The Morgan fingerprint density at radius 2 is 2.00 bits per heavy atom. The van der Waals surface area contributed by atoms with Crippen molar-refractivity contribution in [3.63, 3.8) is 0 Å². The van der Waals surface area contributed by atoms with Crippen LogP contribution in [0, 0.1) is 11.8 Å². The van der Waals surface area contributed by atoms with E-state index in [1.54, 1.807) is 17.9 Å². The van der Waals surface area contributed by atoms with E-state index in [1.165, 1.54) is 4.90 Å². The number of benzene rings is 1. The van der Waals surface area contributed by atoms with Crippen molar-refractivity contribution in [1.82, 2.24) is 9.80 Å². The first-order valence-corrected chi connectivity index (χ1v) is 11.6. The average Bonchev–Trinajstić information content (AvgIpc) is 3.35. The number of aliphatic hydroxyl groups is 1. The highest BCUT2D eigenvalue weighted by Crippen LogP contribution is 2.63. The number of ether oxygens (including phenoxy) is 1. The van der Waals surface area contributed by atoms with Crippen LogP contribution in [0.1, 0.15) is 38.2 Å². The molecule has 2 amide bonds. The van der Waals surface area contributed by atoms with Gasteiger partial charge in [0.15, 0.2) is 0 Å². The summed E-state index contributed by atoms with van der Waals surface area (Å²) in [4.78, 5) is 43.0. The number of amides is 2. The maximum absolute atomic E-state index is 14.0. The van der Waals surface area contributed by atoms with Gasteiger partial charge in [-0.25, -0.2) is 0 Å². The number of rotatable bonds is 10. The van der Waals surface area contributed by atoms with E-state index in [-0.39, 0.29) is 25.0 Å². The summed E-state index contributed by atoms with van der Waals surface area (Å²) in [7, 11) is 0. The lowest BCUT2D eigenvalue weighted by molar-refractivity contribution is -0.156. The molecular formula is C25H32N2O6. The lowest BCUT2D eigenvalue weighted by atomic mass is 9.66. The number of fused-ring (bicyclic) bond motifs is 1. The molecule has 3 heterocycles. The molecule has 0 radical (unpaired) electrons. The quantitative estimate of drug-likeness (QED) is 0.411. The van der Waals surface area contributed by atoms with Crippen LogP contribution >= 0.6 is 0 Å². The number of carbonyl (C=O) groups is 3. The Labute approximate surface area is 193 Å². The van der Waals surface area contributed by atoms with Crippen molar-refractivity contribution in [2.75, 3.05) is 19.7 Å². The molecule has 1 aromatic carbocycles. The molecule has 0 saturated carbocycles. The van der Waals surface area contributed by atoms with Gasteiger partial charge in [-0.05, 0) is 38.2 Å². The molecule has 33 heavy (non-hydrogen) atoms. The van der Waals surface area contributed by atoms with E-state index in [1.807, 2.05) is 30.3 Å². The SMILES string of the molecule is C=CCN(Cc1ccccc1)C(=O)C1N(CCCCO)C(=O)[C@@H]2[C@H](C(=O)O)[C@]3(C)CCC12O3. The molecule has 2 N–H and O–H groups in total. The number of hydrogen-bond donors (Lipinski definition) is 2. The number of carboxylic acids is 1. The summed E-state index contributed by atoms with van der Waals surface area (Å²) in [6, 6.07) is 8.68. The smallest absolute Gasteiger partial charge is 0.310 e. The first-order chi connectivity index (χ1) is 15.8. The van der Waals surface area contributed by atoms with E-state index in [4.69, 9.17) is 4.74 Å². The molecule has 1 spiro atoms. The molecule has 5 atom stereocenters. The lowest BCUT2D eigenvalue weighted by Crippen LogP contribution is -2.56. The second-order valence-corrected chi connectivity index (χ2v) is 9.52. The zero-order valence-corrected chi connectivity index (χ0v) is 19.0. The van der Waals surface area contributed by atoms with Gasteiger partial charge >= 0.3 is 5.97 Å². The number of hydrogen-bond acceptors (Lipinski definition) is 5. The molecule has 2 unspecified atom stereocenters. The Kier molecular flexibility index (Phi) is 6.33. The molecule has 4 rings (SSSR count). The van der Waals surface area contributed by atoms with Crippen molar-refractivity contribution in [2.24, 2.45) is 11.8 Å². The third kappa shape index (κ3) is 3.75. The first-order valence-electron chi connectivity index (χ1n) is 11.6. The van der Waals surface area contributed by atoms with Gasteiger partial charge in [0.05, 0.1) is 17.4 Å². The topological polar surface area (TPSA) is 107 Å². The lowest BCUT2D eigenvalue weighted by Gasteiger charge is -2.37. The van der Waals surface area contributed by atoms with Crippen molar-refractivity contribution < 1.29 is 29.3 Å². The van der Waals surface area contributed by atoms with E-state index < -0.39 is 35.0 Å². The maximum Gasteiger partial charge on any atom is 0.310 e. The van der Waals surface area contributed by atoms with Gasteiger partial charge < -0.3 is 24.7 Å². The van der Waals surface area contributed by atoms with Crippen LogP contribution in [-0.2, 0) is 25.7 Å². The van der Waals surface area contributed by atoms with E-state index in [2.05, 4.69) is 6.58 Å². The molecular weight excluding hydrogens is 424 g/mol. The number of carbonyl (C=O) groups excluding carboxylic acids is 2. The van der Waals surface area contributed by atoms with Crippen LogP contribution in [0.3, 0.4) is 0 Å². The predicted octanol–water partition coefficient (Wildman–Crippen LogP) is 1.82. The second-order valence-electron chi connectivity index (χ2n) is 9.52. The van der Waals surface area contributed by atoms with Gasteiger partial charge in [0, 0.05) is 26.2 Å². The minimum atomic E-state index is -1.15. The number of aliphatic carboxylic acids is 1. The molecule has 3 aliphatic heterocycles. The number of unbranched alkanes of at least 4 members (excludes halogenated alkanes) is 1. The summed E-state index contributed by atoms with van der Waals surface area (Å²) >= 11 is 0. The van der Waals surface area contributed by atoms with Gasteiger partial charge in [0.2, 0.25) is 11.8 Å². The largest absolute Gasteiger partial charge is 0.481 e. The monoisotopic (exact) mass is 456 g/mol. The molecule has 178 valence electrons. The molecule has 0 aliphatic carbocycles. The highest BCUT2D eigenvalue weighted by atomic mass is 16.5. The third-order valence-electron chi connectivity index (χ3n) is 7.46. The molecule has 3 fully saturated rings. The summed E-state index contributed by atoms with van der Waals surface area (Å²) < 4.78 is 6.40. The Bertz CT molecular complexity index is 936. The Hall–Kier alpha value is -2.71. The summed E-state index contributed by atoms with van der Waals surface area (Å²) in [5.41, 5.74) is -1.17. The minimum absolute atomic E-state index is 0.0157. The molecule has 8 nitrogen and oxygen atoms in total. The van der Waals surface area contributed by atoms with Crippen LogP contribution in [0.15, 0.2) is 43.0 Å². The van der Waals surface area contributed by atoms with Gasteiger partial charge in [-0.1, -0.05) is 36.4 Å². The summed E-state index contributed by atoms with van der Waals surface area (Å²) in [6.45, 7) is 6.44. The number of nitrogens with zero attached hydrogens (tertiary/aromatic N) is 2. The highest BCUT2D eigenvalue weighted by Gasteiger charge is 2.78. The average molecular weight is 457 g/mol. The van der Waals surface area contributed by atoms with E-state index in [0.29, 0.717) is 38.8 Å². The van der Waals surface area contributed by atoms with E-state index in [9.17, 15) is 24.6 Å². The normalized spacial score (nSPS) is 32.1. The fourth-order valence-corrected chi connectivity index (χ4v) is 6.08. The van der Waals surface area contributed by atoms with Gasteiger partial charge in [-0.2, -0.15) is 0 Å². The number of likely N-dealkylation sites (tertiary alicyclic amines) is 1. The molecule has 3 aliphatic rings. The molecule has 0 aromatic heterocycles. The van der Waals surface area contributed by atoms with Crippen LogP contribution < -0.4 is 0 Å². The molecule has 2 bridgehead atoms. The third-order valence-corrected chi connectivity index (χ3v) is 7.46. The fourth-order valence-electron chi connectivity index (χ4n) is 6.08. The van der Waals surface area contributed by atoms with Crippen LogP contribution in [0.25, 0.3) is 0 Å². The summed E-state index contributed by atoms with van der Waals surface area (Å²) in [5.74, 6) is -3.53. The standard InChI is InChI=1S/C25H32N2O6/c1-3-13-26(16-17-9-5-4-6-10-17)22(30)20-25-12-11-24(2,33-25)19(23(31)32)18(25)21(29)27(20)14-7-8-15-28/h3-6,9-10,18-20,28H,1,7-8,11-16H2,2H3,(H,31,32)/t18-,19+,20?,24-,25?/m0/s1. The van der Waals surface area contributed by atoms with Crippen molar-refractivity contribution >= 4 is 17.8 Å². The van der Waals surface area contributed by atoms with Crippen LogP contribution in [0.4, 0.5) is 0 Å². The fraction of sp³-hybridized carbons (Fsp3) is 0.560.